The fraction of sp³-hybridized carbons (Fsp3) is 0.200. The fourth-order valence-electron chi connectivity index (χ4n) is 4.22. The molecule has 0 saturated carbocycles. The van der Waals surface area contributed by atoms with Crippen LogP contribution in [0, 0.1) is 0 Å². The first-order valence-electron chi connectivity index (χ1n) is 11.9. The molecular formula is C30H28N2O4. The Labute approximate surface area is 209 Å². The number of allylic oxidation sites excluding steroid dienone is 1. The lowest BCUT2D eigenvalue weighted by Crippen LogP contribution is -2.27. The molecule has 6 nitrogen and oxygen atoms in total. The van der Waals surface area contributed by atoms with E-state index in [0.717, 1.165) is 33.3 Å². The van der Waals surface area contributed by atoms with E-state index in [1.54, 1.807) is 0 Å². The maximum Gasteiger partial charge on any atom is 0.412 e. The van der Waals surface area contributed by atoms with Crippen LogP contribution in [0.4, 0.5) is 10.5 Å². The number of rotatable bonds is 6. The van der Waals surface area contributed by atoms with E-state index in [1.807, 2.05) is 99.6 Å². The van der Waals surface area contributed by atoms with E-state index in [2.05, 4.69) is 10.3 Å². The highest BCUT2D eigenvalue weighted by atomic mass is 16.6. The number of benzene rings is 3. The zero-order valence-electron chi connectivity index (χ0n) is 20.6. The van der Waals surface area contributed by atoms with Crippen molar-refractivity contribution in [3.05, 3.63) is 101 Å². The number of hydrogen-bond donors (Lipinski definition) is 2. The average Bonchev–Trinajstić information content (AvgIpc) is 3.45. The van der Waals surface area contributed by atoms with Crippen LogP contribution in [0.15, 0.2) is 78.4 Å². The van der Waals surface area contributed by atoms with Gasteiger partial charge < -0.3 is 14.5 Å². The summed E-state index contributed by atoms with van der Waals surface area (Å²) in [5, 5.41) is 3.67. The minimum Gasteiger partial charge on any atom is -0.489 e. The predicted molar refractivity (Wildman–Crippen MR) is 141 cm³/mol. The molecule has 5 rings (SSSR count). The number of nitrogens with one attached hydrogen (secondary N) is 2. The normalized spacial score (nSPS) is 12.7. The van der Waals surface area contributed by atoms with Gasteiger partial charge in [-0.05, 0) is 79.9 Å². The van der Waals surface area contributed by atoms with Gasteiger partial charge in [0.25, 0.3) is 0 Å². The highest BCUT2D eigenvalue weighted by Crippen LogP contribution is 2.31. The Morgan fingerprint density at radius 3 is 2.56 bits per heavy atom. The van der Waals surface area contributed by atoms with Crippen molar-refractivity contribution < 1.29 is 19.1 Å². The van der Waals surface area contributed by atoms with Gasteiger partial charge in [-0.15, -0.1) is 0 Å². The zero-order chi connectivity index (χ0) is 25.3. The van der Waals surface area contributed by atoms with Crippen molar-refractivity contribution in [3.63, 3.8) is 0 Å². The van der Waals surface area contributed by atoms with Crippen molar-refractivity contribution in [1.29, 1.82) is 0 Å². The Bertz CT molecular complexity index is 1480. The van der Waals surface area contributed by atoms with Crippen molar-refractivity contribution in [1.82, 2.24) is 4.98 Å². The average molecular weight is 481 g/mol. The van der Waals surface area contributed by atoms with Gasteiger partial charge >= 0.3 is 6.09 Å². The number of amides is 1. The summed E-state index contributed by atoms with van der Waals surface area (Å²) < 4.78 is 11.2. The standard InChI is InChI=1S/C30H28N2O4/c1-30(2,3)36-29(34)31-24-10-9-20-13-23(14-21(20)15-24)28(33)27-17-22-16-25(11-12-26(22)32-27)35-18-19-7-5-4-6-8-19/h4-12,14-17,32H,13,18H2,1-3H3,(H,31,34). The maximum atomic E-state index is 13.3. The van der Waals surface area contributed by atoms with Gasteiger partial charge in [-0.3, -0.25) is 10.1 Å². The molecule has 182 valence electrons. The van der Waals surface area contributed by atoms with Crippen molar-refractivity contribution >= 4 is 34.5 Å². The van der Waals surface area contributed by atoms with E-state index >= 15 is 0 Å². The summed E-state index contributed by atoms with van der Waals surface area (Å²) in [4.78, 5) is 28.6. The lowest BCUT2D eigenvalue weighted by Gasteiger charge is -2.19. The molecule has 0 unspecified atom stereocenters. The molecular weight excluding hydrogens is 452 g/mol. The third-order valence-electron chi connectivity index (χ3n) is 5.88. The van der Waals surface area contributed by atoms with Crippen LogP contribution in [-0.4, -0.2) is 22.5 Å². The molecule has 1 aromatic heterocycles. The summed E-state index contributed by atoms with van der Waals surface area (Å²) in [5.41, 5.74) is 5.23. The van der Waals surface area contributed by atoms with Crippen molar-refractivity contribution in [3.8, 4) is 5.75 Å². The molecule has 0 saturated heterocycles. The number of aromatic nitrogens is 1. The van der Waals surface area contributed by atoms with Gasteiger partial charge in [0.05, 0.1) is 5.69 Å². The van der Waals surface area contributed by atoms with Gasteiger partial charge in [-0.25, -0.2) is 4.79 Å². The Kier molecular flexibility index (Phi) is 6.10. The first-order valence-corrected chi connectivity index (χ1v) is 11.9. The summed E-state index contributed by atoms with van der Waals surface area (Å²) >= 11 is 0. The summed E-state index contributed by atoms with van der Waals surface area (Å²) in [6.45, 7) is 5.94. The molecule has 6 heteroatoms. The van der Waals surface area contributed by atoms with Crippen LogP contribution in [-0.2, 0) is 17.8 Å². The van der Waals surface area contributed by atoms with Gasteiger partial charge in [0.15, 0.2) is 0 Å². The number of H-pyrrole nitrogens is 1. The van der Waals surface area contributed by atoms with E-state index in [4.69, 9.17) is 9.47 Å². The summed E-state index contributed by atoms with van der Waals surface area (Å²) in [6, 6.07) is 23.3. The number of fused-ring (bicyclic) bond motifs is 2. The van der Waals surface area contributed by atoms with Crippen LogP contribution in [0.2, 0.25) is 0 Å². The minimum atomic E-state index is -0.575. The largest absolute Gasteiger partial charge is 0.489 e. The molecule has 3 aromatic carbocycles. The quantitative estimate of drug-likeness (QED) is 0.294. The summed E-state index contributed by atoms with van der Waals surface area (Å²) in [5.74, 6) is 0.706. The van der Waals surface area contributed by atoms with E-state index < -0.39 is 11.7 Å². The second kappa shape index (κ2) is 9.38. The SMILES string of the molecule is CC(C)(C)OC(=O)Nc1ccc2c(c1)C=C(C(=O)c1cc3cc(OCc4ccccc4)ccc3[nH]1)C2. The molecule has 0 spiro atoms. The topological polar surface area (TPSA) is 80.4 Å². The highest BCUT2D eigenvalue weighted by molar-refractivity contribution is 6.13. The molecule has 0 bridgehead atoms. The molecule has 36 heavy (non-hydrogen) atoms. The monoisotopic (exact) mass is 480 g/mol. The number of ketones is 1. The second-order valence-electron chi connectivity index (χ2n) is 9.92. The number of carbonyl (C=O) groups is 2. The highest BCUT2D eigenvalue weighted by Gasteiger charge is 2.22. The first-order chi connectivity index (χ1) is 17.2. The van der Waals surface area contributed by atoms with E-state index in [1.165, 1.54) is 0 Å². The third kappa shape index (κ3) is 5.33. The van der Waals surface area contributed by atoms with Gasteiger partial charge in [-0.2, -0.15) is 0 Å². The molecule has 0 aliphatic heterocycles. The van der Waals surface area contributed by atoms with Crippen molar-refractivity contribution in [2.45, 2.75) is 39.4 Å². The summed E-state index contributed by atoms with van der Waals surface area (Å²) in [7, 11) is 0. The Balaban J connectivity index is 1.29. The van der Waals surface area contributed by atoms with Crippen molar-refractivity contribution in [2.24, 2.45) is 0 Å². The van der Waals surface area contributed by atoms with E-state index in [0.29, 0.717) is 30.0 Å². The van der Waals surface area contributed by atoms with Crippen molar-refractivity contribution in [2.75, 3.05) is 5.32 Å². The molecule has 0 fully saturated rings. The van der Waals surface area contributed by atoms with Crippen LogP contribution in [0.25, 0.3) is 17.0 Å². The zero-order valence-corrected chi connectivity index (χ0v) is 20.6. The Morgan fingerprint density at radius 2 is 1.78 bits per heavy atom. The lowest BCUT2D eigenvalue weighted by atomic mass is 10.1. The minimum absolute atomic E-state index is 0.0456. The van der Waals surface area contributed by atoms with Gasteiger partial charge in [0.1, 0.15) is 18.0 Å². The number of hydrogen-bond acceptors (Lipinski definition) is 4. The summed E-state index contributed by atoms with van der Waals surface area (Å²) in [6.07, 6.45) is 1.92. The number of ether oxygens (including phenoxy) is 2. The number of aromatic amines is 1. The molecule has 0 atom stereocenters. The van der Waals surface area contributed by atoms with Crippen LogP contribution < -0.4 is 10.1 Å². The van der Waals surface area contributed by atoms with E-state index in [-0.39, 0.29) is 5.78 Å². The maximum absolute atomic E-state index is 13.3. The Morgan fingerprint density at radius 1 is 0.972 bits per heavy atom. The van der Waals surface area contributed by atoms with Gasteiger partial charge in [0.2, 0.25) is 5.78 Å². The Hall–Kier alpha value is -4.32. The number of Topliss-reactive ketones (excluding diaryl/α,β-unsaturated/α-hetero) is 1. The molecule has 0 radical (unpaired) electrons. The molecule has 1 heterocycles. The van der Waals surface area contributed by atoms with Gasteiger partial charge in [-0.1, -0.05) is 36.4 Å². The molecule has 2 N–H and O–H groups in total. The van der Waals surface area contributed by atoms with Crippen LogP contribution in [0.1, 0.15) is 48.0 Å². The number of carbonyl (C=O) groups excluding carboxylic acids is 2. The molecule has 1 amide bonds. The molecule has 1 aliphatic carbocycles. The van der Waals surface area contributed by atoms with Gasteiger partial charge in [0, 0.05) is 28.6 Å². The van der Waals surface area contributed by atoms with Crippen LogP contribution in [0.5, 0.6) is 5.75 Å². The first kappa shape index (κ1) is 23.4. The second-order valence-corrected chi connectivity index (χ2v) is 9.92. The predicted octanol–water partition coefficient (Wildman–Crippen LogP) is 6.92. The van der Waals surface area contributed by atoms with E-state index in [9.17, 15) is 9.59 Å². The number of anilines is 1. The van der Waals surface area contributed by atoms with Crippen LogP contribution in [0.3, 0.4) is 0 Å². The molecule has 1 aliphatic rings. The lowest BCUT2D eigenvalue weighted by molar-refractivity contribution is 0.0635. The molecule has 4 aromatic rings. The fourth-order valence-corrected chi connectivity index (χ4v) is 4.22. The van der Waals surface area contributed by atoms with Crippen LogP contribution >= 0.6 is 0 Å². The third-order valence-corrected chi connectivity index (χ3v) is 5.88. The smallest absolute Gasteiger partial charge is 0.412 e.